The number of anilines is 1. The van der Waals surface area contributed by atoms with Crippen LogP contribution in [0.4, 0.5) is 11.4 Å². The van der Waals surface area contributed by atoms with Crippen LogP contribution in [0.2, 0.25) is 5.02 Å². The standard InChI is InChI=1S/C16H9ClN2O5S/c17-12-10-2-1-3-11(19(23)24)13(10)25-14(12)15(20)18-9-6-4-8(5-7-9)16(21)22/h1-7H,(H,18,20)(H,21,22). The molecule has 3 aromatic rings. The van der Waals surface area contributed by atoms with Gasteiger partial charge in [-0.05, 0) is 24.3 Å². The number of hydrogen-bond acceptors (Lipinski definition) is 5. The summed E-state index contributed by atoms with van der Waals surface area (Å²) in [6.45, 7) is 0. The number of nitro benzene ring substituents is 1. The van der Waals surface area contributed by atoms with Gasteiger partial charge in [0.15, 0.2) is 0 Å². The normalized spacial score (nSPS) is 10.6. The molecule has 9 heteroatoms. The zero-order valence-corrected chi connectivity index (χ0v) is 13.9. The third-order valence-corrected chi connectivity index (χ3v) is 5.16. The topological polar surface area (TPSA) is 110 Å². The van der Waals surface area contributed by atoms with Crippen molar-refractivity contribution >= 4 is 56.3 Å². The van der Waals surface area contributed by atoms with Gasteiger partial charge in [0.05, 0.1) is 15.5 Å². The van der Waals surface area contributed by atoms with E-state index in [1.807, 2.05) is 0 Å². The van der Waals surface area contributed by atoms with E-state index in [-0.39, 0.29) is 21.2 Å². The second-order valence-electron chi connectivity index (χ2n) is 4.99. The van der Waals surface area contributed by atoms with Crippen LogP contribution in [0, 0.1) is 10.1 Å². The average Bonchev–Trinajstić information content (AvgIpc) is 2.92. The van der Waals surface area contributed by atoms with E-state index in [1.54, 1.807) is 6.07 Å². The Kier molecular flexibility index (Phi) is 4.39. The minimum absolute atomic E-state index is 0.0912. The van der Waals surface area contributed by atoms with Crippen molar-refractivity contribution in [3.05, 3.63) is 68.0 Å². The van der Waals surface area contributed by atoms with Crippen molar-refractivity contribution in [1.82, 2.24) is 0 Å². The predicted octanol–water partition coefficient (Wildman–Crippen LogP) is 4.41. The molecule has 0 bridgehead atoms. The quantitative estimate of drug-likeness (QED) is 0.517. The van der Waals surface area contributed by atoms with Gasteiger partial charge in [0, 0.05) is 17.1 Å². The van der Waals surface area contributed by atoms with Crippen LogP contribution < -0.4 is 5.32 Å². The van der Waals surface area contributed by atoms with Gasteiger partial charge in [-0.25, -0.2) is 4.79 Å². The maximum absolute atomic E-state index is 12.4. The molecular formula is C16H9ClN2O5S. The van der Waals surface area contributed by atoms with E-state index in [4.69, 9.17) is 16.7 Å². The van der Waals surface area contributed by atoms with Crippen LogP contribution in [0.3, 0.4) is 0 Å². The number of non-ortho nitro benzene ring substituents is 1. The molecule has 0 aliphatic heterocycles. The number of fused-ring (bicyclic) bond motifs is 1. The molecule has 25 heavy (non-hydrogen) atoms. The number of benzene rings is 2. The first-order valence-corrected chi connectivity index (χ1v) is 8.08. The Balaban J connectivity index is 1.94. The zero-order chi connectivity index (χ0) is 18.1. The van der Waals surface area contributed by atoms with Gasteiger partial charge in [-0.2, -0.15) is 0 Å². The van der Waals surface area contributed by atoms with Crippen LogP contribution in [-0.2, 0) is 0 Å². The Morgan fingerprint density at radius 2 is 1.84 bits per heavy atom. The lowest BCUT2D eigenvalue weighted by atomic mass is 10.2. The van der Waals surface area contributed by atoms with Gasteiger partial charge >= 0.3 is 5.97 Å². The molecule has 0 radical (unpaired) electrons. The highest BCUT2D eigenvalue weighted by Gasteiger charge is 2.22. The third kappa shape index (κ3) is 3.17. The molecule has 0 spiro atoms. The van der Waals surface area contributed by atoms with E-state index in [2.05, 4.69) is 5.32 Å². The summed E-state index contributed by atoms with van der Waals surface area (Å²) >= 11 is 7.15. The van der Waals surface area contributed by atoms with E-state index in [1.165, 1.54) is 36.4 Å². The molecule has 2 aromatic carbocycles. The molecule has 1 heterocycles. The van der Waals surface area contributed by atoms with Crippen molar-refractivity contribution < 1.29 is 19.6 Å². The van der Waals surface area contributed by atoms with Crippen molar-refractivity contribution in [2.75, 3.05) is 5.32 Å². The summed E-state index contributed by atoms with van der Waals surface area (Å²) in [7, 11) is 0. The minimum atomic E-state index is -1.07. The second-order valence-corrected chi connectivity index (χ2v) is 6.39. The summed E-state index contributed by atoms with van der Waals surface area (Å²) in [5, 5.41) is 23.1. The summed E-state index contributed by atoms with van der Waals surface area (Å²) in [4.78, 5) is 34.0. The van der Waals surface area contributed by atoms with Gasteiger partial charge in [-0.3, -0.25) is 14.9 Å². The maximum atomic E-state index is 12.4. The third-order valence-electron chi connectivity index (χ3n) is 3.43. The fraction of sp³-hybridized carbons (Fsp3) is 0. The van der Waals surface area contributed by atoms with Crippen LogP contribution in [0.15, 0.2) is 42.5 Å². The number of halogens is 1. The number of carbonyl (C=O) groups excluding carboxylic acids is 1. The molecule has 1 aromatic heterocycles. The lowest BCUT2D eigenvalue weighted by Gasteiger charge is -2.04. The fourth-order valence-corrected chi connectivity index (χ4v) is 3.74. The number of carboxylic acids is 1. The molecule has 0 atom stereocenters. The Bertz CT molecular complexity index is 1010. The van der Waals surface area contributed by atoms with Gasteiger partial charge in [-0.15, -0.1) is 11.3 Å². The van der Waals surface area contributed by atoms with Crippen molar-refractivity contribution in [3.63, 3.8) is 0 Å². The number of aromatic carboxylic acids is 1. The van der Waals surface area contributed by atoms with Gasteiger partial charge in [0.25, 0.3) is 11.6 Å². The van der Waals surface area contributed by atoms with E-state index >= 15 is 0 Å². The van der Waals surface area contributed by atoms with E-state index < -0.39 is 16.8 Å². The monoisotopic (exact) mass is 376 g/mol. The van der Waals surface area contributed by atoms with Crippen LogP contribution >= 0.6 is 22.9 Å². The lowest BCUT2D eigenvalue weighted by Crippen LogP contribution is -2.10. The summed E-state index contributed by atoms with van der Waals surface area (Å²) in [5.41, 5.74) is 0.362. The Labute approximate surface area is 149 Å². The summed E-state index contributed by atoms with van der Waals surface area (Å²) < 4.78 is 0.323. The number of thiophene rings is 1. The smallest absolute Gasteiger partial charge is 0.335 e. The molecule has 7 nitrogen and oxygen atoms in total. The number of amides is 1. The number of hydrogen-bond donors (Lipinski definition) is 2. The fourth-order valence-electron chi connectivity index (χ4n) is 2.25. The molecule has 0 aliphatic rings. The first-order chi connectivity index (χ1) is 11.9. The molecule has 0 saturated carbocycles. The zero-order valence-electron chi connectivity index (χ0n) is 12.4. The van der Waals surface area contributed by atoms with E-state index in [0.29, 0.717) is 15.8 Å². The number of nitrogens with zero attached hydrogens (tertiary/aromatic N) is 1. The first-order valence-electron chi connectivity index (χ1n) is 6.88. The first kappa shape index (κ1) is 16.9. The van der Waals surface area contributed by atoms with Gasteiger partial charge < -0.3 is 10.4 Å². The molecule has 3 rings (SSSR count). The van der Waals surface area contributed by atoms with Crippen LogP contribution in [0.1, 0.15) is 20.0 Å². The van der Waals surface area contributed by atoms with Crippen LogP contribution in [0.25, 0.3) is 10.1 Å². The van der Waals surface area contributed by atoms with E-state index in [0.717, 1.165) is 11.3 Å². The Morgan fingerprint density at radius 1 is 1.16 bits per heavy atom. The molecular weight excluding hydrogens is 368 g/mol. The van der Waals surface area contributed by atoms with Crippen LogP contribution in [0.5, 0.6) is 0 Å². The van der Waals surface area contributed by atoms with Gasteiger partial charge in [0.2, 0.25) is 0 Å². The molecule has 0 saturated heterocycles. The highest BCUT2D eigenvalue weighted by Crippen LogP contribution is 2.40. The molecule has 0 fully saturated rings. The predicted molar refractivity (Wildman–Crippen MR) is 94.8 cm³/mol. The average molecular weight is 377 g/mol. The van der Waals surface area contributed by atoms with Crippen molar-refractivity contribution in [3.8, 4) is 0 Å². The second kappa shape index (κ2) is 6.50. The van der Waals surface area contributed by atoms with Gasteiger partial charge in [0.1, 0.15) is 9.58 Å². The summed E-state index contributed by atoms with van der Waals surface area (Å²) in [5.74, 6) is -1.60. The number of nitro groups is 1. The number of carboxylic acid groups (broad SMARTS) is 1. The minimum Gasteiger partial charge on any atom is -0.478 e. The van der Waals surface area contributed by atoms with Gasteiger partial charge in [-0.1, -0.05) is 23.7 Å². The Morgan fingerprint density at radius 3 is 2.44 bits per heavy atom. The molecule has 126 valence electrons. The Hall–Kier alpha value is -2.97. The highest BCUT2D eigenvalue weighted by atomic mass is 35.5. The summed E-state index contributed by atoms with van der Waals surface area (Å²) in [6.07, 6.45) is 0. The van der Waals surface area contributed by atoms with Crippen molar-refractivity contribution in [2.24, 2.45) is 0 Å². The number of rotatable bonds is 4. The van der Waals surface area contributed by atoms with Crippen LogP contribution in [-0.4, -0.2) is 21.9 Å². The molecule has 0 unspecified atom stereocenters. The molecule has 0 aliphatic carbocycles. The van der Waals surface area contributed by atoms with Crippen molar-refractivity contribution in [1.29, 1.82) is 0 Å². The molecule has 1 amide bonds. The van der Waals surface area contributed by atoms with E-state index in [9.17, 15) is 19.7 Å². The van der Waals surface area contributed by atoms with Crippen molar-refractivity contribution in [2.45, 2.75) is 0 Å². The maximum Gasteiger partial charge on any atom is 0.335 e. The number of nitrogens with one attached hydrogen (secondary N) is 1. The number of carbonyl (C=O) groups is 2. The summed E-state index contributed by atoms with van der Waals surface area (Å²) in [6, 6.07) is 10.1. The lowest BCUT2D eigenvalue weighted by molar-refractivity contribution is -0.382. The SMILES string of the molecule is O=C(O)c1ccc(NC(=O)c2sc3c([N+](=O)[O-])cccc3c2Cl)cc1. The molecule has 2 N–H and O–H groups in total. The highest BCUT2D eigenvalue weighted by molar-refractivity contribution is 7.22. The largest absolute Gasteiger partial charge is 0.478 e.